The van der Waals surface area contributed by atoms with Gasteiger partial charge in [-0.05, 0) is 25.0 Å². The number of aliphatic hydroxyl groups is 1. The van der Waals surface area contributed by atoms with Gasteiger partial charge >= 0.3 is 5.69 Å². The van der Waals surface area contributed by atoms with Crippen LogP contribution in [0.1, 0.15) is 28.1 Å². The lowest BCUT2D eigenvalue weighted by atomic mass is 10.1. The van der Waals surface area contributed by atoms with Crippen molar-refractivity contribution in [3.8, 4) is 11.6 Å². The molecule has 150 valence electrons. The molecule has 0 bridgehead atoms. The lowest BCUT2D eigenvalue weighted by molar-refractivity contribution is 0.281. The first kappa shape index (κ1) is 18.8. The van der Waals surface area contributed by atoms with Crippen molar-refractivity contribution >= 4 is 0 Å². The molecule has 3 heterocycles. The largest absolute Gasteiger partial charge is 0.493 e. The summed E-state index contributed by atoms with van der Waals surface area (Å²) in [6.07, 6.45) is 4.60. The van der Waals surface area contributed by atoms with Crippen LogP contribution >= 0.6 is 0 Å². The summed E-state index contributed by atoms with van der Waals surface area (Å²) < 4.78 is 9.45. The Bertz CT molecular complexity index is 1190. The quantitative estimate of drug-likeness (QED) is 0.514. The minimum Gasteiger partial charge on any atom is -0.493 e. The van der Waals surface area contributed by atoms with Crippen LogP contribution in [0.4, 0.5) is 0 Å². The van der Waals surface area contributed by atoms with Crippen molar-refractivity contribution in [1.82, 2.24) is 24.1 Å². The molecule has 1 aromatic carbocycles. The van der Waals surface area contributed by atoms with E-state index in [2.05, 4.69) is 10.3 Å². The topological polar surface area (TPSA) is 111 Å². The SMILES string of the molecule is Cc1noc(C)c1Cn1cc(-n2c(O)cn(Cc3cccc(CO)c3)c2=O)cn1. The first-order chi connectivity index (χ1) is 14.0. The molecule has 0 amide bonds. The minimum absolute atomic E-state index is 0.0701. The molecule has 0 aliphatic rings. The number of imidazole rings is 1. The highest BCUT2D eigenvalue weighted by Gasteiger charge is 2.16. The summed E-state index contributed by atoms with van der Waals surface area (Å²) in [5, 5.41) is 27.8. The highest BCUT2D eigenvalue weighted by molar-refractivity contribution is 5.32. The Labute approximate surface area is 166 Å². The summed E-state index contributed by atoms with van der Waals surface area (Å²) in [5.74, 6) is 0.543. The number of rotatable bonds is 6. The van der Waals surface area contributed by atoms with Crippen LogP contribution in [0.15, 0.2) is 52.2 Å². The molecule has 0 radical (unpaired) electrons. The van der Waals surface area contributed by atoms with Crippen LogP contribution in [-0.4, -0.2) is 34.3 Å². The number of aromatic hydroxyl groups is 1. The van der Waals surface area contributed by atoms with Crippen molar-refractivity contribution in [3.63, 3.8) is 0 Å². The first-order valence-corrected chi connectivity index (χ1v) is 9.10. The van der Waals surface area contributed by atoms with Gasteiger partial charge in [0.25, 0.3) is 0 Å². The molecule has 9 nitrogen and oxygen atoms in total. The van der Waals surface area contributed by atoms with Gasteiger partial charge in [0.05, 0.1) is 43.5 Å². The molecule has 0 aliphatic carbocycles. The van der Waals surface area contributed by atoms with Crippen LogP contribution in [-0.2, 0) is 19.7 Å². The maximum atomic E-state index is 12.8. The highest BCUT2D eigenvalue weighted by Crippen LogP contribution is 2.18. The van der Waals surface area contributed by atoms with E-state index in [4.69, 9.17) is 4.52 Å². The number of benzene rings is 1. The summed E-state index contributed by atoms with van der Waals surface area (Å²) >= 11 is 0. The molecule has 0 saturated heterocycles. The Balaban J connectivity index is 1.61. The van der Waals surface area contributed by atoms with Gasteiger partial charge in [-0.15, -0.1) is 0 Å². The van der Waals surface area contributed by atoms with Crippen molar-refractivity contribution in [3.05, 3.63) is 81.5 Å². The molecule has 0 fully saturated rings. The number of aromatic nitrogens is 5. The Hall–Kier alpha value is -3.59. The molecule has 3 aromatic heterocycles. The Morgan fingerprint density at radius 3 is 2.66 bits per heavy atom. The molecule has 4 rings (SSSR count). The van der Waals surface area contributed by atoms with Gasteiger partial charge < -0.3 is 14.7 Å². The third kappa shape index (κ3) is 3.59. The number of hydrogen-bond donors (Lipinski definition) is 2. The van der Waals surface area contributed by atoms with Crippen LogP contribution in [0.3, 0.4) is 0 Å². The van der Waals surface area contributed by atoms with Gasteiger partial charge in [0.2, 0.25) is 5.88 Å². The van der Waals surface area contributed by atoms with Crippen LogP contribution in [0.25, 0.3) is 5.69 Å². The van der Waals surface area contributed by atoms with Gasteiger partial charge in [-0.25, -0.2) is 9.36 Å². The fraction of sp³-hybridized carbons (Fsp3) is 0.250. The molecule has 4 aromatic rings. The summed E-state index contributed by atoms with van der Waals surface area (Å²) in [6.45, 7) is 4.35. The zero-order valence-electron chi connectivity index (χ0n) is 16.1. The Morgan fingerprint density at radius 2 is 1.93 bits per heavy atom. The van der Waals surface area contributed by atoms with Gasteiger partial charge in [-0.1, -0.05) is 29.4 Å². The summed E-state index contributed by atoms with van der Waals surface area (Å²) in [4.78, 5) is 12.8. The lowest BCUT2D eigenvalue weighted by Gasteiger charge is -2.04. The van der Waals surface area contributed by atoms with Crippen molar-refractivity contribution in [2.75, 3.05) is 0 Å². The molecular weight excluding hydrogens is 374 g/mol. The molecule has 29 heavy (non-hydrogen) atoms. The third-order valence-electron chi connectivity index (χ3n) is 4.84. The Morgan fingerprint density at radius 1 is 1.14 bits per heavy atom. The van der Waals surface area contributed by atoms with Gasteiger partial charge in [-0.2, -0.15) is 5.10 Å². The smallest absolute Gasteiger partial charge is 0.336 e. The van der Waals surface area contributed by atoms with Gasteiger partial charge in [0.15, 0.2) is 0 Å². The maximum Gasteiger partial charge on any atom is 0.336 e. The second-order valence-electron chi connectivity index (χ2n) is 6.91. The van der Waals surface area contributed by atoms with E-state index < -0.39 is 0 Å². The van der Waals surface area contributed by atoms with Crippen molar-refractivity contribution in [1.29, 1.82) is 0 Å². The molecule has 0 saturated carbocycles. The molecule has 0 spiro atoms. The fourth-order valence-corrected chi connectivity index (χ4v) is 3.30. The average Bonchev–Trinajstić information content (AvgIpc) is 3.37. The van der Waals surface area contributed by atoms with Crippen molar-refractivity contribution < 1.29 is 14.7 Å². The van der Waals surface area contributed by atoms with E-state index in [0.29, 0.717) is 12.2 Å². The molecule has 9 heteroatoms. The van der Waals surface area contributed by atoms with Gasteiger partial charge in [0, 0.05) is 11.8 Å². The van der Waals surface area contributed by atoms with E-state index in [0.717, 1.165) is 28.1 Å². The van der Waals surface area contributed by atoms with E-state index in [1.807, 2.05) is 38.1 Å². The summed E-state index contributed by atoms with van der Waals surface area (Å²) in [5.41, 5.74) is 3.41. The first-order valence-electron chi connectivity index (χ1n) is 9.10. The number of hydrogen-bond acceptors (Lipinski definition) is 6. The van der Waals surface area contributed by atoms with Crippen LogP contribution in [0.2, 0.25) is 0 Å². The maximum absolute atomic E-state index is 12.8. The normalized spacial score (nSPS) is 11.3. The predicted octanol–water partition coefficient (Wildman–Crippen LogP) is 1.73. The van der Waals surface area contributed by atoms with E-state index in [1.165, 1.54) is 21.5 Å². The lowest BCUT2D eigenvalue weighted by Crippen LogP contribution is -2.23. The van der Waals surface area contributed by atoms with E-state index >= 15 is 0 Å². The summed E-state index contributed by atoms with van der Waals surface area (Å²) in [7, 11) is 0. The van der Waals surface area contributed by atoms with Gasteiger partial charge in [0.1, 0.15) is 5.76 Å². The third-order valence-corrected chi connectivity index (χ3v) is 4.84. The number of nitrogens with zero attached hydrogens (tertiary/aromatic N) is 5. The molecule has 0 atom stereocenters. The van der Waals surface area contributed by atoms with Crippen molar-refractivity contribution in [2.45, 2.75) is 33.5 Å². The zero-order chi connectivity index (χ0) is 20.5. The molecular formula is C20H21N5O4. The van der Waals surface area contributed by atoms with Crippen LogP contribution < -0.4 is 5.69 Å². The number of aliphatic hydroxyl groups excluding tert-OH is 1. The van der Waals surface area contributed by atoms with E-state index in [-0.39, 0.29) is 24.7 Å². The molecule has 0 aliphatic heterocycles. The minimum atomic E-state index is -0.381. The predicted molar refractivity (Wildman–Crippen MR) is 104 cm³/mol. The fourth-order valence-electron chi connectivity index (χ4n) is 3.30. The van der Waals surface area contributed by atoms with E-state index in [1.54, 1.807) is 10.9 Å². The number of aryl methyl sites for hydroxylation is 2. The summed E-state index contributed by atoms with van der Waals surface area (Å²) in [6, 6.07) is 7.31. The van der Waals surface area contributed by atoms with E-state index in [9.17, 15) is 15.0 Å². The van der Waals surface area contributed by atoms with Crippen molar-refractivity contribution in [2.24, 2.45) is 0 Å². The zero-order valence-corrected chi connectivity index (χ0v) is 16.1. The van der Waals surface area contributed by atoms with Crippen LogP contribution in [0.5, 0.6) is 5.88 Å². The van der Waals surface area contributed by atoms with Crippen LogP contribution in [0, 0.1) is 13.8 Å². The second kappa shape index (κ2) is 7.44. The second-order valence-corrected chi connectivity index (χ2v) is 6.91. The Kier molecular flexibility index (Phi) is 4.81. The molecule has 2 N–H and O–H groups in total. The van der Waals surface area contributed by atoms with Gasteiger partial charge in [-0.3, -0.25) is 9.25 Å². The average molecular weight is 395 g/mol. The monoisotopic (exact) mass is 395 g/mol. The highest BCUT2D eigenvalue weighted by atomic mass is 16.5. The molecule has 0 unspecified atom stereocenters. The standard InChI is InChI=1S/C20H21N5O4/c1-13-18(14(2)29-22-13)10-24-9-17(7-21-24)25-19(27)11-23(20(25)28)8-15-4-3-5-16(6-15)12-26/h3-7,9,11,26-27H,8,10,12H2,1-2H3.